The zero-order chi connectivity index (χ0) is 14.3. The summed E-state index contributed by atoms with van der Waals surface area (Å²) in [5.41, 5.74) is 6.92. The summed E-state index contributed by atoms with van der Waals surface area (Å²) in [5, 5.41) is 2.58. The van der Waals surface area contributed by atoms with Crippen molar-refractivity contribution in [2.24, 2.45) is 5.73 Å². The van der Waals surface area contributed by atoms with Gasteiger partial charge in [-0.2, -0.15) is 0 Å². The van der Waals surface area contributed by atoms with Gasteiger partial charge in [-0.3, -0.25) is 4.79 Å². The molecule has 3 N–H and O–H groups in total. The van der Waals surface area contributed by atoms with Gasteiger partial charge in [0.15, 0.2) is 6.10 Å². The van der Waals surface area contributed by atoms with Gasteiger partial charge in [0.25, 0.3) is 5.91 Å². The first-order valence-corrected chi connectivity index (χ1v) is 6.32. The van der Waals surface area contributed by atoms with E-state index in [0.29, 0.717) is 5.75 Å². The van der Waals surface area contributed by atoms with Gasteiger partial charge in [-0.05, 0) is 19.4 Å². The molecule has 0 aliphatic heterocycles. The van der Waals surface area contributed by atoms with Crippen LogP contribution in [0.25, 0.3) is 0 Å². The van der Waals surface area contributed by atoms with Crippen molar-refractivity contribution < 1.29 is 9.53 Å². The molecule has 0 aliphatic carbocycles. The molecule has 1 unspecified atom stereocenters. The van der Waals surface area contributed by atoms with Gasteiger partial charge in [0.2, 0.25) is 0 Å². The highest BCUT2D eigenvalue weighted by Gasteiger charge is 2.17. The second kappa shape index (κ2) is 7.45. The molecule has 0 spiro atoms. The highest BCUT2D eigenvalue weighted by atomic mass is 16.5. The van der Waals surface area contributed by atoms with E-state index < -0.39 is 6.10 Å². The number of ether oxygens (including phenoxy) is 1. The lowest BCUT2D eigenvalue weighted by molar-refractivity contribution is -0.127. The van der Waals surface area contributed by atoms with E-state index in [1.165, 1.54) is 0 Å². The molecule has 0 bridgehead atoms. The summed E-state index contributed by atoms with van der Waals surface area (Å²) < 4.78 is 5.67. The van der Waals surface area contributed by atoms with E-state index >= 15 is 0 Å². The van der Waals surface area contributed by atoms with Gasteiger partial charge in [0, 0.05) is 11.6 Å². The predicted octanol–water partition coefficient (Wildman–Crippen LogP) is 1.61. The molecule has 4 heteroatoms. The maximum atomic E-state index is 11.7. The fourth-order valence-corrected chi connectivity index (χ4v) is 1.64. The number of amides is 1. The van der Waals surface area contributed by atoms with Crippen LogP contribution in [0.4, 0.5) is 0 Å². The Morgan fingerprint density at radius 1 is 1.53 bits per heavy atom. The van der Waals surface area contributed by atoms with Crippen LogP contribution in [0.1, 0.15) is 31.9 Å². The van der Waals surface area contributed by atoms with Crippen LogP contribution in [-0.2, 0) is 4.79 Å². The molecule has 0 saturated heterocycles. The molecule has 0 aliphatic rings. The quantitative estimate of drug-likeness (QED) is 0.764. The Morgan fingerprint density at radius 2 is 2.21 bits per heavy atom. The van der Waals surface area contributed by atoms with E-state index in [-0.39, 0.29) is 18.5 Å². The maximum Gasteiger partial charge on any atom is 0.261 e. The topological polar surface area (TPSA) is 64.3 Å². The summed E-state index contributed by atoms with van der Waals surface area (Å²) in [5.74, 6) is 2.75. The highest BCUT2D eigenvalue weighted by molar-refractivity contribution is 5.80. The Balaban J connectivity index is 2.76. The first kappa shape index (κ1) is 15.1. The maximum absolute atomic E-state index is 11.7. The monoisotopic (exact) mass is 260 g/mol. The molecule has 0 fully saturated rings. The number of benzene rings is 1. The lowest BCUT2D eigenvalue weighted by Gasteiger charge is -2.19. The van der Waals surface area contributed by atoms with Crippen molar-refractivity contribution in [2.45, 2.75) is 32.4 Å². The van der Waals surface area contributed by atoms with Gasteiger partial charge in [0.05, 0.1) is 6.54 Å². The number of hydrogen-bond donors (Lipinski definition) is 2. The summed E-state index contributed by atoms with van der Waals surface area (Å²) in [6, 6.07) is 7.39. The molecule has 102 valence electrons. The van der Waals surface area contributed by atoms with Crippen LogP contribution in [0.15, 0.2) is 24.3 Å². The van der Waals surface area contributed by atoms with Gasteiger partial charge < -0.3 is 15.8 Å². The molecule has 0 saturated carbocycles. The molecule has 19 heavy (non-hydrogen) atoms. The second-order valence-electron chi connectivity index (χ2n) is 4.23. The Kier molecular flexibility index (Phi) is 5.91. The fourth-order valence-electron chi connectivity index (χ4n) is 1.64. The number of hydrogen-bond acceptors (Lipinski definition) is 3. The van der Waals surface area contributed by atoms with E-state index in [2.05, 4.69) is 11.2 Å². The van der Waals surface area contributed by atoms with Crippen molar-refractivity contribution in [1.82, 2.24) is 5.32 Å². The Morgan fingerprint density at radius 3 is 2.84 bits per heavy atom. The average Bonchev–Trinajstić information content (AvgIpc) is 2.44. The van der Waals surface area contributed by atoms with Crippen molar-refractivity contribution >= 4 is 5.91 Å². The highest BCUT2D eigenvalue weighted by Crippen LogP contribution is 2.26. The van der Waals surface area contributed by atoms with Crippen LogP contribution in [0.3, 0.4) is 0 Å². The fraction of sp³-hybridized carbons (Fsp3) is 0.400. The largest absolute Gasteiger partial charge is 0.481 e. The molecule has 1 rings (SSSR count). The van der Waals surface area contributed by atoms with Crippen molar-refractivity contribution in [2.75, 3.05) is 6.54 Å². The van der Waals surface area contributed by atoms with Crippen LogP contribution in [0.2, 0.25) is 0 Å². The third-order valence-electron chi connectivity index (χ3n) is 2.80. The molecule has 0 heterocycles. The Bertz CT molecular complexity index is 465. The summed E-state index contributed by atoms with van der Waals surface area (Å²) >= 11 is 0. The minimum absolute atomic E-state index is 0.0998. The predicted molar refractivity (Wildman–Crippen MR) is 75.6 cm³/mol. The smallest absolute Gasteiger partial charge is 0.261 e. The van der Waals surface area contributed by atoms with Crippen molar-refractivity contribution in [3.63, 3.8) is 0 Å². The van der Waals surface area contributed by atoms with Crippen LogP contribution >= 0.6 is 0 Å². The van der Waals surface area contributed by atoms with E-state index in [4.69, 9.17) is 16.9 Å². The average molecular weight is 260 g/mol. The minimum Gasteiger partial charge on any atom is -0.481 e. The third-order valence-corrected chi connectivity index (χ3v) is 2.80. The zero-order valence-electron chi connectivity index (χ0n) is 11.3. The summed E-state index contributed by atoms with van der Waals surface area (Å²) in [7, 11) is 0. The first-order chi connectivity index (χ1) is 9.10. The van der Waals surface area contributed by atoms with E-state index in [1.807, 2.05) is 31.2 Å². The molecular formula is C15H20N2O2. The molecular weight excluding hydrogens is 240 g/mol. The molecule has 1 aromatic carbocycles. The van der Waals surface area contributed by atoms with E-state index in [0.717, 1.165) is 12.0 Å². The normalized spacial score (nSPS) is 13.2. The Labute approximate surface area is 114 Å². The van der Waals surface area contributed by atoms with Gasteiger partial charge in [-0.1, -0.05) is 31.0 Å². The first-order valence-electron chi connectivity index (χ1n) is 6.32. The Hall–Kier alpha value is -1.99. The number of carbonyl (C=O) groups excluding carboxylic acids is 1. The molecule has 2 atom stereocenters. The standard InChI is InChI=1S/C15H20N2O2/c1-4-10-17-15(18)11(3)19-14-9-7-6-8-12(14)13(16)5-2/h1,6-9,11,13H,5,10,16H2,2-3H3,(H,17,18)/t11?,13-/m1/s1. The number of para-hydroxylation sites is 1. The summed E-state index contributed by atoms with van der Waals surface area (Å²) in [6.07, 6.45) is 5.28. The summed E-state index contributed by atoms with van der Waals surface area (Å²) in [4.78, 5) is 11.7. The third kappa shape index (κ3) is 4.31. The van der Waals surface area contributed by atoms with Gasteiger partial charge >= 0.3 is 0 Å². The number of terminal acetylenes is 1. The van der Waals surface area contributed by atoms with Crippen LogP contribution < -0.4 is 15.8 Å². The second-order valence-corrected chi connectivity index (χ2v) is 4.23. The molecule has 1 amide bonds. The SMILES string of the molecule is C#CCNC(=O)C(C)Oc1ccccc1[C@H](N)CC. The minimum atomic E-state index is -0.612. The zero-order valence-corrected chi connectivity index (χ0v) is 11.3. The molecule has 0 aromatic heterocycles. The van der Waals surface area contributed by atoms with Crippen molar-refractivity contribution in [3.05, 3.63) is 29.8 Å². The van der Waals surface area contributed by atoms with Gasteiger partial charge in [-0.25, -0.2) is 0 Å². The van der Waals surface area contributed by atoms with Gasteiger partial charge in [0.1, 0.15) is 5.75 Å². The lowest BCUT2D eigenvalue weighted by atomic mass is 10.0. The van der Waals surface area contributed by atoms with Crippen molar-refractivity contribution in [1.29, 1.82) is 0 Å². The molecule has 1 aromatic rings. The number of nitrogens with two attached hydrogens (primary N) is 1. The number of rotatable bonds is 6. The molecule has 4 nitrogen and oxygen atoms in total. The molecule has 0 radical (unpaired) electrons. The summed E-state index contributed by atoms with van der Waals surface area (Å²) in [6.45, 7) is 3.88. The van der Waals surface area contributed by atoms with E-state index in [9.17, 15) is 4.79 Å². The van der Waals surface area contributed by atoms with Crippen LogP contribution in [0.5, 0.6) is 5.75 Å². The number of nitrogens with one attached hydrogen (secondary N) is 1. The van der Waals surface area contributed by atoms with Crippen LogP contribution in [-0.4, -0.2) is 18.6 Å². The van der Waals surface area contributed by atoms with Gasteiger partial charge in [-0.15, -0.1) is 6.42 Å². The van der Waals surface area contributed by atoms with E-state index in [1.54, 1.807) is 6.92 Å². The lowest BCUT2D eigenvalue weighted by Crippen LogP contribution is -2.36. The van der Waals surface area contributed by atoms with Crippen LogP contribution in [0, 0.1) is 12.3 Å². The van der Waals surface area contributed by atoms with Crippen molar-refractivity contribution in [3.8, 4) is 18.1 Å². The number of carbonyl (C=O) groups is 1.